The number of ether oxygens (including phenoxy) is 1. The van der Waals surface area contributed by atoms with Crippen molar-refractivity contribution in [2.75, 3.05) is 7.11 Å². The van der Waals surface area contributed by atoms with Gasteiger partial charge in [0.1, 0.15) is 6.54 Å². The van der Waals surface area contributed by atoms with Crippen LogP contribution in [0.25, 0.3) is 23.3 Å². The maximum Gasteiger partial charge on any atom is 0.420 e. The van der Waals surface area contributed by atoms with Crippen LogP contribution >= 0.6 is 0 Å². The number of phenols is 1. The molecule has 0 aliphatic heterocycles. The summed E-state index contributed by atoms with van der Waals surface area (Å²) in [7, 11) is 1.46. The fraction of sp³-hybridized carbons (Fsp3) is 0.111. The topological polar surface area (TPSA) is 102 Å². The third kappa shape index (κ3) is 3.25. The van der Waals surface area contributed by atoms with Crippen LogP contribution < -0.4 is 10.5 Å². The van der Waals surface area contributed by atoms with Crippen molar-refractivity contribution in [1.29, 1.82) is 0 Å². The van der Waals surface area contributed by atoms with Gasteiger partial charge in [0.05, 0.1) is 12.6 Å². The highest BCUT2D eigenvalue weighted by Gasteiger charge is 2.13. The van der Waals surface area contributed by atoms with E-state index < -0.39 is 18.3 Å². The minimum atomic E-state index is -1.12. The fourth-order valence-electron chi connectivity index (χ4n) is 2.51. The minimum Gasteiger partial charge on any atom is -0.504 e. The summed E-state index contributed by atoms with van der Waals surface area (Å²) in [6, 6.07) is 9.99. The second-order valence-electron chi connectivity index (χ2n) is 5.31. The zero-order chi connectivity index (χ0) is 18.0. The molecule has 0 aliphatic carbocycles. The van der Waals surface area contributed by atoms with Gasteiger partial charge in [-0.15, -0.1) is 0 Å². The number of rotatable bonds is 5. The van der Waals surface area contributed by atoms with E-state index >= 15 is 0 Å². The van der Waals surface area contributed by atoms with Gasteiger partial charge in [-0.1, -0.05) is 30.4 Å². The van der Waals surface area contributed by atoms with Crippen LogP contribution in [0.3, 0.4) is 0 Å². The molecule has 3 aromatic rings. The fourth-order valence-corrected chi connectivity index (χ4v) is 2.51. The van der Waals surface area contributed by atoms with Crippen LogP contribution in [0.2, 0.25) is 0 Å². The molecule has 0 radical (unpaired) electrons. The van der Waals surface area contributed by atoms with E-state index in [0.29, 0.717) is 22.4 Å². The largest absolute Gasteiger partial charge is 0.504 e. The first kappa shape index (κ1) is 16.4. The van der Waals surface area contributed by atoms with E-state index in [1.165, 1.54) is 13.2 Å². The molecule has 2 aromatic carbocycles. The number of aromatic nitrogens is 1. The SMILES string of the molecule is COc1cc(/C=C/c2cccc3c2oc(=O)n3CC(=O)O)ccc1O. The molecule has 0 saturated carbocycles. The maximum absolute atomic E-state index is 11.9. The first-order chi connectivity index (χ1) is 12.0. The average Bonchev–Trinajstić information content (AvgIpc) is 2.90. The first-order valence-corrected chi connectivity index (χ1v) is 7.39. The van der Waals surface area contributed by atoms with Crippen molar-refractivity contribution in [2.45, 2.75) is 6.54 Å². The molecule has 2 N–H and O–H groups in total. The number of nitrogens with zero attached hydrogens (tertiary/aromatic N) is 1. The Morgan fingerprint density at radius 3 is 2.80 bits per heavy atom. The Balaban J connectivity index is 2.02. The molecule has 0 saturated heterocycles. The van der Waals surface area contributed by atoms with Crippen molar-refractivity contribution in [3.05, 3.63) is 58.1 Å². The molecule has 0 amide bonds. The summed E-state index contributed by atoms with van der Waals surface area (Å²) in [5.74, 6) is -1.45. The van der Waals surface area contributed by atoms with Gasteiger partial charge in [0.25, 0.3) is 0 Å². The molecule has 0 unspecified atom stereocenters. The van der Waals surface area contributed by atoms with Crippen molar-refractivity contribution in [3.8, 4) is 11.5 Å². The van der Waals surface area contributed by atoms with Crippen molar-refractivity contribution < 1.29 is 24.2 Å². The highest BCUT2D eigenvalue weighted by Crippen LogP contribution is 2.27. The summed E-state index contributed by atoms with van der Waals surface area (Å²) < 4.78 is 11.3. The summed E-state index contributed by atoms with van der Waals surface area (Å²) in [5.41, 5.74) is 2.14. The van der Waals surface area contributed by atoms with Crippen LogP contribution in [0.1, 0.15) is 11.1 Å². The zero-order valence-electron chi connectivity index (χ0n) is 13.3. The number of hydrogen-bond acceptors (Lipinski definition) is 5. The second-order valence-corrected chi connectivity index (χ2v) is 5.31. The summed E-state index contributed by atoms with van der Waals surface area (Å²) in [5, 5.41) is 18.5. The molecule has 128 valence electrons. The molecular weight excluding hydrogens is 326 g/mol. The van der Waals surface area contributed by atoms with E-state index in [1.54, 1.807) is 42.5 Å². The van der Waals surface area contributed by atoms with Crippen molar-refractivity contribution in [1.82, 2.24) is 4.57 Å². The van der Waals surface area contributed by atoms with Gasteiger partial charge < -0.3 is 19.4 Å². The monoisotopic (exact) mass is 341 g/mol. The van der Waals surface area contributed by atoms with Crippen LogP contribution in [-0.2, 0) is 11.3 Å². The second kappa shape index (κ2) is 6.56. The summed E-state index contributed by atoms with van der Waals surface area (Å²) >= 11 is 0. The summed E-state index contributed by atoms with van der Waals surface area (Å²) in [4.78, 5) is 22.8. The number of para-hydroxylation sites is 1. The molecule has 1 heterocycles. The standard InChI is InChI=1S/C18H15NO6/c1-24-15-9-11(6-8-14(15)20)5-7-12-3-2-4-13-17(12)25-18(23)19(13)10-16(21)22/h2-9,20H,10H2,1H3,(H,21,22)/b7-5+. The third-order valence-electron chi connectivity index (χ3n) is 3.68. The number of carbonyl (C=O) groups is 1. The number of carboxylic acids is 1. The van der Waals surface area contributed by atoms with Gasteiger partial charge in [-0.05, 0) is 23.8 Å². The van der Waals surface area contributed by atoms with Gasteiger partial charge >= 0.3 is 11.7 Å². The molecule has 3 rings (SSSR count). The van der Waals surface area contributed by atoms with E-state index in [1.807, 2.05) is 0 Å². The first-order valence-electron chi connectivity index (χ1n) is 7.39. The van der Waals surface area contributed by atoms with E-state index in [9.17, 15) is 14.7 Å². The molecule has 25 heavy (non-hydrogen) atoms. The van der Waals surface area contributed by atoms with Crippen LogP contribution in [0.4, 0.5) is 0 Å². The van der Waals surface area contributed by atoms with E-state index in [4.69, 9.17) is 14.3 Å². The quantitative estimate of drug-likeness (QED) is 0.692. The number of carboxylic acid groups (broad SMARTS) is 1. The van der Waals surface area contributed by atoms with Gasteiger partial charge in [-0.3, -0.25) is 9.36 Å². The van der Waals surface area contributed by atoms with Crippen molar-refractivity contribution in [3.63, 3.8) is 0 Å². The van der Waals surface area contributed by atoms with Crippen LogP contribution in [0.5, 0.6) is 11.5 Å². The highest BCUT2D eigenvalue weighted by molar-refractivity contribution is 5.87. The van der Waals surface area contributed by atoms with Gasteiger partial charge in [-0.25, -0.2) is 4.79 Å². The molecule has 1 aromatic heterocycles. The third-order valence-corrected chi connectivity index (χ3v) is 3.68. The Morgan fingerprint density at radius 1 is 1.28 bits per heavy atom. The number of aromatic hydroxyl groups is 1. The molecular formula is C18H15NO6. The van der Waals surface area contributed by atoms with Crippen molar-refractivity contribution >= 4 is 29.2 Å². The van der Waals surface area contributed by atoms with Gasteiger partial charge in [0.2, 0.25) is 0 Å². The van der Waals surface area contributed by atoms with E-state index in [-0.39, 0.29) is 5.75 Å². The zero-order valence-corrected chi connectivity index (χ0v) is 13.3. The molecule has 0 atom stereocenters. The number of phenolic OH excluding ortho intramolecular Hbond substituents is 1. The normalized spacial score (nSPS) is 11.2. The Hall–Kier alpha value is -3.48. The number of methoxy groups -OCH3 is 1. The average molecular weight is 341 g/mol. The smallest absolute Gasteiger partial charge is 0.420 e. The summed E-state index contributed by atoms with van der Waals surface area (Å²) in [6.45, 7) is -0.464. The number of hydrogen-bond donors (Lipinski definition) is 2. The maximum atomic E-state index is 11.9. The molecule has 0 spiro atoms. The number of oxazole rings is 1. The highest BCUT2D eigenvalue weighted by atomic mass is 16.5. The lowest BCUT2D eigenvalue weighted by Gasteiger charge is -2.03. The molecule has 0 aliphatic rings. The van der Waals surface area contributed by atoms with Gasteiger partial charge in [0.15, 0.2) is 17.1 Å². The molecule has 7 nitrogen and oxygen atoms in total. The molecule has 0 bridgehead atoms. The summed E-state index contributed by atoms with van der Waals surface area (Å²) in [6.07, 6.45) is 3.51. The van der Waals surface area contributed by atoms with Crippen molar-refractivity contribution in [2.24, 2.45) is 0 Å². The van der Waals surface area contributed by atoms with E-state index in [2.05, 4.69) is 0 Å². The Kier molecular flexibility index (Phi) is 4.30. The minimum absolute atomic E-state index is 0.0403. The molecule has 7 heteroatoms. The Bertz CT molecular complexity index is 1030. The van der Waals surface area contributed by atoms with Crippen LogP contribution in [0.15, 0.2) is 45.6 Å². The Labute approximate surface area is 142 Å². The lowest BCUT2D eigenvalue weighted by Crippen LogP contribution is -2.19. The lowest BCUT2D eigenvalue weighted by atomic mass is 10.1. The predicted molar refractivity (Wildman–Crippen MR) is 91.7 cm³/mol. The van der Waals surface area contributed by atoms with Crippen LogP contribution in [0, 0.1) is 0 Å². The number of fused-ring (bicyclic) bond motifs is 1. The number of benzene rings is 2. The van der Waals surface area contributed by atoms with Gasteiger partial charge in [0, 0.05) is 5.56 Å². The lowest BCUT2D eigenvalue weighted by molar-refractivity contribution is -0.137. The Morgan fingerprint density at radius 2 is 2.08 bits per heavy atom. The van der Waals surface area contributed by atoms with Crippen LogP contribution in [-0.4, -0.2) is 27.9 Å². The van der Waals surface area contributed by atoms with E-state index in [0.717, 1.165) is 10.1 Å². The predicted octanol–water partition coefficient (Wildman–Crippen LogP) is 2.56. The number of aliphatic carboxylic acids is 1. The molecule has 0 fully saturated rings. The van der Waals surface area contributed by atoms with Gasteiger partial charge in [-0.2, -0.15) is 0 Å².